The Hall–Kier alpha value is -2.80. The van der Waals surface area contributed by atoms with E-state index in [4.69, 9.17) is 0 Å². The van der Waals surface area contributed by atoms with Crippen molar-refractivity contribution in [3.63, 3.8) is 0 Å². The van der Waals surface area contributed by atoms with E-state index < -0.39 is 13.4 Å². The SMILES string of the molecule is OC(C[P+](c1ccccc1)(c1ccccc1)c1ccccc1)c1ccncc1. The van der Waals surface area contributed by atoms with Gasteiger partial charge in [0.25, 0.3) is 0 Å². The second-order valence-corrected chi connectivity index (χ2v) is 10.3. The Morgan fingerprint density at radius 3 is 1.39 bits per heavy atom. The van der Waals surface area contributed by atoms with Crippen LogP contribution in [0.3, 0.4) is 0 Å². The molecule has 1 heterocycles. The van der Waals surface area contributed by atoms with E-state index in [-0.39, 0.29) is 0 Å². The van der Waals surface area contributed by atoms with Crippen LogP contribution in [0.5, 0.6) is 0 Å². The van der Waals surface area contributed by atoms with Crippen LogP contribution in [-0.4, -0.2) is 16.3 Å². The summed E-state index contributed by atoms with van der Waals surface area (Å²) >= 11 is 0. The molecule has 4 rings (SSSR count). The van der Waals surface area contributed by atoms with Gasteiger partial charge in [-0.25, -0.2) is 0 Å². The van der Waals surface area contributed by atoms with Crippen LogP contribution < -0.4 is 15.9 Å². The monoisotopic (exact) mass is 384 g/mol. The first kappa shape index (κ1) is 18.6. The molecule has 0 aliphatic carbocycles. The Morgan fingerprint density at radius 2 is 1.00 bits per heavy atom. The summed E-state index contributed by atoms with van der Waals surface area (Å²) in [5, 5.41) is 15.1. The number of hydrogen-bond acceptors (Lipinski definition) is 2. The predicted molar refractivity (Wildman–Crippen MR) is 119 cm³/mol. The number of aromatic nitrogens is 1. The molecule has 0 spiro atoms. The van der Waals surface area contributed by atoms with Crippen LogP contribution in [-0.2, 0) is 0 Å². The summed E-state index contributed by atoms with van der Waals surface area (Å²) in [6, 6.07) is 35.7. The van der Waals surface area contributed by atoms with Gasteiger partial charge in [0.15, 0.2) is 0 Å². The molecule has 0 aliphatic heterocycles. The van der Waals surface area contributed by atoms with Crippen molar-refractivity contribution in [3.05, 3.63) is 121 Å². The molecule has 0 amide bonds. The molecule has 0 radical (unpaired) electrons. The van der Waals surface area contributed by atoms with E-state index in [0.29, 0.717) is 6.16 Å². The second kappa shape index (κ2) is 8.48. The van der Waals surface area contributed by atoms with Gasteiger partial charge in [0.2, 0.25) is 0 Å². The Balaban J connectivity index is 1.93. The molecule has 0 saturated heterocycles. The molecule has 1 atom stereocenters. The third-order valence-electron chi connectivity index (χ3n) is 5.13. The zero-order chi connectivity index (χ0) is 19.2. The molecule has 28 heavy (non-hydrogen) atoms. The quantitative estimate of drug-likeness (QED) is 0.508. The fourth-order valence-electron chi connectivity index (χ4n) is 3.76. The first-order valence-electron chi connectivity index (χ1n) is 9.43. The molecule has 2 nitrogen and oxygen atoms in total. The molecule has 3 heteroatoms. The van der Waals surface area contributed by atoms with E-state index in [1.54, 1.807) is 12.4 Å². The van der Waals surface area contributed by atoms with Crippen LogP contribution in [0.2, 0.25) is 0 Å². The summed E-state index contributed by atoms with van der Waals surface area (Å²) in [6.45, 7) is 0. The molecular weight excluding hydrogens is 361 g/mol. The van der Waals surface area contributed by atoms with Crippen molar-refractivity contribution < 1.29 is 5.11 Å². The lowest BCUT2D eigenvalue weighted by Crippen LogP contribution is -2.35. The number of rotatable bonds is 6. The number of aliphatic hydroxyl groups excluding tert-OH is 1. The Bertz CT molecular complexity index is 895. The summed E-state index contributed by atoms with van der Waals surface area (Å²) < 4.78 is 0. The highest BCUT2D eigenvalue weighted by molar-refractivity contribution is 7.95. The fraction of sp³-hybridized carbons (Fsp3) is 0.0800. The first-order valence-corrected chi connectivity index (χ1v) is 11.4. The number of nitrogens with zero attached hydrogens (tertiary/aromatic N) is 1. The Morgan fingerprint density at radius 1 is 0.607 bits per heavy atom. The average molecular weight is 384 g/mol. The van der Waals surface area contributed by atoms with Gasteiger partial charge in [-0.15, -0.1) is 0 Å². The molecular formula is C25H23NOP+. The first-order chi connectivity index (χ1) is 13.8. The highest BCUT2D eigenvalue weighted by Gasteiger charge is 2.47. The molecule has 0 bridgehead atoms. The summed E-state index contributed by atoms with van der Waals surface area (Å²) in [4.78, 5) is 4.10. The van der Waals surface area contributed by atoms with Crippen LogP contribution >= 0.6 is 7.26 Å². The highest BCUT2D eigenvalue weighted by atomic mass is 31.2. The predicted octanol–water partition coefficient (Wildman–Crippen LogP) is 4.11. The van der Waals surface area contributed by atoms with Crippen LogP contribution in [0.15, 0.2) is 116 Å². The molecule has 4 aromatic rings. The smallest absolute Gasteiger partial charge is 0.115 e. The Labute approximate surface area is 166 Å². The number of hydrogen-bond donors (Lipinski definition) is 1. The third kappa shape index (κ3) is 3.62. The molecule has 1 aromatic heterocycles. The number of benzene rings is 3. The summed E-state index contributed by atoms with van der Waals surface area (Å²) in [5.74, 6) is 0. The van der Waals surface area contributed by atoms with Gasteiger partial charge in [-0.2, -0.15) is 0 Å². The largest absolute Gasteiger partial charge is 0.385 e. The van der Waals surface area contributed by atoms with Crippen molar-refractivity contribution >= 4 is 23.2 Å². The molecule has 1 unspecified atom stereocenters. The van der Waals surface area contributed by atoms with Crippen LogP contribution in [0.4, 0.5) is 0 Å². The normalized spacial score (nSPS) is 12.5. The minimum Gasteiger partial charge on any atom is -0.385 e. The van der Waals surface area contributed by atoms with Gasteiger partial charge in [0, 0.05) is 12.4 Å². The second-order valence-electron chi connectivity index (χ2n) is 6.80. The highest BCUT2D eigenvalue weighted by Crippen LogP contribution is 2.57. The molecule has 1 N–H and O–H groups in total. The van der Waals surface area contributed by atoms with E-state index >= 15 is 0 Å². The zero-order valence-electron chi connectivity index (χ0n) is 15.6. The van der Waals surface area contributed by atoms with Gasteiger partial charge in [-0.1, -0.05) is 54.6 Å². The number of pyridine rings is 1. The van der Waals surface area contributed by atoms with Gasteiger partial charge in [0.05, 0.1) is 0 Å². The average Bonchev–Trinajstić information content (AvgIpc) is 2.80. The van der Waals surface area contributed by atoms with Crippen molar-refractivity contribution in [1.29, 1.82) is 0 Å². The molecule has 0 fully saturated rings. The maximum absolute atomic E-state index is 11.2. The van der Waals surface area contributed by atoms with E-state index in [1.807, 2.05) is 30.3 Å². The maximum Gasteiger partial charge on any atom is 0.115 e. The van der Waals surface area contributed by atoms with Crippen LogP contribution in [0, 0.1) is 0 Å². The van der Waals surface area contributed by atoms with Crippen molar-refractivity contribution in [2.75, 3.05) is 6.16 Å². The van der Waals surface area contributed by atoms with E-state index in [0.717, 1.165) is 5.56 Å². The minimum absolute atomic E-state index is 0.572. The van der Waals surface area contributed by atoms with Crippen LogP contribution in [0.25, 0.3) is 0 Å². The topological polar surface area (TPSA) is 33.1 Å². The summed E-state index contributed by atoms with van der Waals surface area (Å²) in [7, 11) is -2.05. The van der Waals surface area contributed by atoms with Gasteiger partial charge in [0.1, 0.15) is 35.4 Å². The van der Waals surface area contributed by atoms with E-state index in [2.05, 4.69) is 77.8 Å². The lowest BCUT2D eigenvalue weighted by molar-refractivity contribution is 0.203. The maximum atomic E-state index is 11.2. The van der Waals surface area contributed by atoms with Gasteiger partial charge < -0.3 is 5.11 Å². The van der Waals surface area contributed by atoms with E-state index in [9.17, 15) is 5.11 Å². The van der Waals surface area contributed by atoms with Crippen molar-refractivity contribution in [1.82, 2.24) is 4.98 Å². The van der Waals surface area contributed by atoms with E-state index in [1.165, 1.54) is 15.9 Å². The molecule has 138 valence electrons. The zero-order valence-corrected chi connectivity index (χ0v) is 16.5. The van der Waals surface area contributed by atoms with Crippen molar-refractivity contribution in [3.8, 4) is 0 Å². The summed E-state index contributed by atoms with van der Waals surface area (Å²) in [5.41, 5.74) is 0.905. The lowest BCUT2D eigenvalue weighted by atomic mass is 10.2. The van der Waals surface area contributed by atoms with Gasteiger partial charge in [-0.05, 0) is 54.1 Å². The van der Waals surface area contributed by atoms with Crippen molar-refractivity contribution in [2.24, 2.45) is 0 Å². The minimum atomic E-state index is -2.05. The molecule has 0 aliphatic rings. The van der Waals surface area contributed by atoms with Crippen LogP contribution in [0.1, 0.15) is 11.7 Å². The van der Waals surface area contributed by atoms with Crippen molar-refractivity contribution in [2.45, 2.75) is 6.10 Å². The third-order valence-corrected chi connectivity index (χ3v) is 9.56. The van der Waals surface area contributed by atoms with Gasteiger partial charge >= 0.3 is 0 Å². The Kier molecular flexibility index (Phi) is 5.62. The molecule has 3 aromatic carbocycles. The fourth-order valence-corrected chi connectivity index (χ4v) is 8.06. The van der Waals surface area contributed by atoms with Gasteiger partial charge in [-0.3, -0.25) is 4.98 Å². The lowest BCUT2D eigenvalue weighted by Gasteiger charge is -2.29. The standard InChI is InChI=1S/C25H23NOP/c27-25(21-16-18-26-19-17-21)20-28(22-10-4-1-5-11-22,23-12-6-2-7-13-23)24-14-8-3-9-15-24/h1-19,25,27H,20H2/q+1. The summed E-state index contributed by atoms with van der Waals surface area (Å²) in [6.07, 6.45) is 3.56. The molecule has 0 saturated carbocycles. The number of aliphatic hydroxyl groups is 1.